The molecular formula is C30H37FN2O2. The Hall–Kier alpha value is -3.08. The normalized spacial score (nSPS) is 10.9. The quantitative estimate of drug-likeness (QED) is 0.134. The molecular weight excluding hydrogens is 439 g/mol. The number of carbonyl (C=O) groups is 1. The van der Waals surface area contributed by atoms with Crippen molar-refractivity contribution < 1.29 is 13.9 Å². The van der Waals surface area contributed by atoms with Crippen LogP contribution in [-0.2, 0) is 12.8 Å². The van der Waals surface area contributed by atoms with Gasteiger partial charge in [-0.25, -0.2) is 14.2 Å². The lowest BCUT2D eigenvalue weighted by molar-refractivity contribution is 0.0721. The summed E-state index contributed by atoms with van der Waals surface area (Å²) in [7, 11) is 0. The second-order valence-electron chi connectivity index (χ2n) is 9.11. The maximum atomic E-state index is 14.5. The van der Waals surface area contributed by atoms with Gasteiger partial charge in [-0.15, -0.1) is 0 Å². The standard InChI is InChI=1S/C30H37FN2O2/c1-3-5-7-8-9-11-13-24-16-19-29(26(31)20-24)35-30(34)28-22-32-27(21-33-28)25-17-14-23(15-18-25)12-10-6-4-2/h14-22H,3-13H2,1-2H3. The molecule has 0 unspecified atom stereocenters. The number of unbranched alkanes of at least 4 members (excludes halogenated alkanes) is 7. The molecule has 0 aliphatic carbocycles. The van der Waals surface area contributed by atoms with Crippen LogP contribution in [-0.4, -0.2) is 15.9 Å². The average molecular weight is 477 g/mol. The molecule has 0 fully saturated rings. The summed E-state index contributed by atoms with van der Waals surface area (Å²) in [5, 5.41) is 0. The molecule has 2 aromatic carbocycles. The van der Waals surface area contributed by atoms with E-state index in [1.165, 1.54) is 68.8 Å². The second-order valence-corrected chi connectivity index (χ2v) is 9.11. The van der Waals surface area contributed by atoms with Crippen molar-refractivity contribution in [1.29, 1.82) is 0 Å². The monoisotopic (exact) mass is 476 g/mol. The molecule has 0 aliphatic heterocycles. The summed E-state index contributed by atoms with van der Waals surface area (Å²) in [6, 6.07) is 13.0. The third kappa shape index (κ3) is 8.57. The second kappa shape index (κ2) is 14.3. The van der Waals surface area contributed by atoms with Gasteiger partial charge in [0.2, 0.25) is 0 Å². The van der Waals surface area contributed by atoms with E-state index in [1.54, 1.807) is 6.20 Å². The van der Waals surface area contributed by atoms with Crippen molar-refractivity contribution in [3.8, 4) is 17.0 Å². The summed E-state index contributed by atoms with van der Waals surface area (Å²) < 4.78 is 19.8. The Morgan fingerprint density at radius 2 is 1.40 bits per heavy atom. The summed E-state index contributed by atoms with van der Waals surface area (Å²) in [4.78, 5) is 21.0. The minimum absolute atomic E-state index is 0.0421. The van der Waals surface area contributed by atoms with Gasteiger partial charge in [-0.05, 0) is 48.9 Å². The molecule has 0 bridgehead atoms. The first-order valence-corrected chi connectivity index (χ1v) is 13.0. The lowest BCUT2D eigenvalue weighted by Gasteiger charge is -2.08. The molecule has 0 spiro atoms. The molecule has 0 atom stereocenters. The first-order valence-electron chi connectivity index (χ1n) is 13.0. The number of ether oxygens (including phenoxy) is 1. The van der Waals surface area contributed by atoms with Crippen LogP contribution in [0.15, 0.2) is 54.9 Å². The lowest BCUT2D eigenvalue weighted by Crippen LogP contribution is -2.12. The molecule has 0 aliphatic rings. The van der Waals surface area contributed by atoms with Gasteiger partial charge in [0.1, 0.15) is 0 Å². The fourth-order valence-electron chi connectivity index (χ4n) is 4.05. The molecule has 3 aromatic rings. The Labute approximate surface area is 209 Å². The third-order valence-electron chi connectivity index (χ3n) is 6.20. The van der Waals surface area contributed by atoms with Gasteiger partial charge in [-0.2, -0.15) is 0 Å². The van der Waals surface area contributed by atoms with E-state index in [2.05, 4.69) is 35.9 Å². The summed E-state index contributed by atoms with van der Waals surface area (Å²) in [5.41, 5.74) is 3.87. The molecule has 5 heteroatoms. The Balaban J connectivity index is 1.52. The number of carbonyl (C=O) groups excluding carboxylic acids is 1. The van der Waals surface area contributed by atoms with Crippen LogP contribution in [0.4, 0.5) is 4.39 Å². The third-order valence-corrected chi connectivity index (χ3v) is 6.20. The van der Waals surface area contributed by atoms with Crippen molar-refractivity contribution >= 4 is 5.97 Å². The highest BCUT2D eigenvalue weighted by Gasteiger charge is 2.15. The number of nitrogens with zero attached hydrogens (tertiary/aromatic N) is 2. The fourth-order valence-corrected chi connectivity index (χ4v) is 4.05. The van der Waals surface area contributed by atoms with Gasteiger partial charge >= 0.3 is 5.97 Å². The minimum atomic E-state index is -0.724. The summed E-state index contributed by atoms with van der Waals surface area (Å²) in [6.07, 6.45) is 15.6. The maximum Gasteiger partial charge on any atom is 0.364 e. The molecule has 4 nitrogen and oxygen atoms in total. The van der Waals surface area contributed by atoms with E-state index < -0.39 is 11.8 Å². The number of aryl methyl sites for hydroxylation is 2. The summed E-state index contributed by atoms with van der Waals surface area (Å²) >= 11 is 0. The predicted octanol–water partition coefficient (Wildman–Crippen LogP) is 8.14. The predicted molar refractivity (Wildman–Crippen MR) is 139 cm³/mol. The largest absolute Gasteiger partial charge is 0.419 e. The number of esters is 1. The molecule has 1 heterocycles. The van der Waals surface area contributed by atoms with Crippen molar-refractivity contribution in [2.75, 3.05) is 0 Å². The van der Waals surface area contributed by atoms with E-state index in [0.29, 0.717) is 5.69 Å². The zero-order valence-corrected chi connectivity index (χ0v) is 21.1. The van der Waals surface area contributed by atoms with Crippen LogP contribution in [0.5, 0.6) is 5.75 Å². The van der Waals surface area contributed by atoms with Crippen molar-refractivity contribution in [2.45, 2.75) is 84.5 Å². The molecule has 0 N–H and O–H groups in total. The van der Waals surface area contributed by atoms with Crippen LogP contribution in [0, 0.1) is 5.82 Å². The van der Waals surface area contributed by atoms with Crippen LogP contribution in [0.2, 0.25) is 0 Å². The fraction of sp³-hybridized carbons (Fsp3) is 0.433. The average Bonchev–Trinajstić information content (AvgIpc) is 2.88. The van der Waals surface area contributed by atoms with Gasteiger partial charge in [0.15, 0.2) is 17.3 Å². The summed E-state index contributed by atoms with van der Waals surface area (Å²) in [5.74, 6) is -1.35. The van der Waals surface area contributed by atoms with Gasteiger partial charge in [0.05, 0.1) is 18.1 Å². The SMILES string of the molecule is CCCCCCCCc1ccc(OC(=O)c2cnc(-c3ccc(CCCCC)cc3)cn2)c(F)c1. The molecule has 0 saturated carbocycles. The molecule has 186 valence electrons. The number of benzene rings is 2. The van der Waals surface area contributed by atoms with E-state index in [-0.39, 0.29) is 11.4 Å². The van der Waals surface area contributed by atoms with Crippen molar-refractivity contribution in [2.24, 2.45) is 0 Å². The number of aromatic nitrogens is 2. The zero-order valence-electron chi connectivity index (χ0n) is 21.1. The first kappa shape index (κ1) is 26.5. The molecule has 3 rings (SSSR count). The van der Waals surface area contributed by atoms with Crippen molar-refractivity contribution in [3.63, 3.8) is 0 Å². The lowest BCUT2D eigenvalue weighted by atomic mass is 10.0. The van der Waals surface area contributed by atoms with Gasteiger partial charge in [-0.1, -0.05) is 89.1 Å². The Morgan fingerprint density at radius 3 is 2.09 bits per heavy atom. The number of rotatable bonds is 14. The van der Waals surface area contributed by atoms with Gasteiger partial charge in [-0.3, -0.25) is 4.98 Å². The number of hydrogen-bond donors (Lipinski definition) is 0. The van der Waals surface area contributed by atoms with Crippen molar-refractivity contribution in [1.82, 2.24) is 9.97 Å². The molecule has 35 heavy (non-hydrogen) atoms. The van der Waals surface area contributed by atoms with Crippen LogP contribution in [0.1, 0.15) is 93.3 Å². The number of hydrogen-bond acceptors (Lipinski definition) is 4. The van der Waals surface area contributed by atoms with Crippen LogP contribution in [0.25, 0.3) is 11.3 Å². The molecule has 0 amide bonds. The molecule has 0 radical (unpaired) electrons. The summed E-state index contributed by atoms with van der Waals surface area (Å²) in [6.45, 7) is 4.40. The van der Waals surface area contributed by atoms with Gasteiger partial charge < -0.3 is 4.74 Å². The van der Waals surface area contributed by atoms with Crippen LogP contribution >= 0.6 is 0 Å². The zero-order chi connectivity index (χ0) is 24.9. The minimum Gasteiger partial charge on any atom is -0.419 e. The Morgan fingerprint density at radius 1 is 0.771 bits per heavy atom. The van der Waals surface area contributed by atoms with Crippen LogP contribution < -0.4 is 4.74 Å². The highest BCUT2D eigenvalue weighted by molar-refractivity contribution is 5.88. The molecule has 0 saturated heterocycles. The number of halogens is 1. The highest BCUT2D eigenvalue weighted by Crippen LogP contribution is 2.22. The Kier molecular flexibility index (Phi) is 10.9. The van der Waals surface area contributed by atoms with E-state index in [1.807, 2.05) is 18.2 Å². The smallest absolute Gasteiger partial charge is 0.364 e. The van der Waals surface area contributed by atoms with Gasteiger partial charge in [0.25, 0.3) is 0 Å². The highest BCUT2D eigenvalue weighted by atomic mass is 19.1. The topological polar surface area (TPSA) is 52.1 Å². The molecule has 1 aromatic heterocycles. The van der Waals surface area contributed by atoms with Gasteiger partial charge in [0, 0.05) is 5.56 Å². The van der Waals surface area contributed by atoms with E-state index in [9.17, 15) is 9.18 Å². The van der Waals surface area contributed by atoms with E-state index in [0.717, 1.165) is 36.8 Å². The van der Waals surface area contributed by atoms with Crippen LogP contribution in [0.3, 0.4) is 0 Å². The Bertz CT molecular complexity index is 1050. The first-order chi connectivity index (χ1) is 17.1. The van der Waals surface area contributed by atoms with Crippen molar-refractivity contribution in [3.05, 3.63) is 77.5 Å². The maximum absolute atomic E-state index is 14.5. The van der Waals surface area contributed by atoms with E-state index in [4.69, 9.17) is 4.74 Å². The van der Waals surface area contributed by atoms with E-state index >= 15 is 0 Å².